The molecule has 1 aliphatic rings. The number of rotatable bonds is 7. The molecule has 1 saturated carbocycles. The van der Waals surface area contributed by atoms with E-state index in [0.717, 1.165) is 24.4 Å². The lowest BCUT2D eigenvalue weighted by Crippen LogP contribution is -2.35. The van der Waals surface area contributed by atoms with Crippen LogP contribution in [0.15, 0.2) is 35.0 Å². The number of nitrogens with two attached hydrogens (primary N) is 1. The Hall–Kier alpha value is -2.91. The van der Waals surface area contributed by atoms with Crippen molar-refractivity contribution >= 4 is 5.82 Å². The fourth-order valence-electron chi connectivity index (χ4n) is 3.21. The molecule has 3 aromatic heterocycles. The van der Waals surface area contributed by atoms with Gasteiger partial charge in [0.05, 0.1) is 6.54 Å². The highest BCUT2D eigenvalue weighted by Gasteiger charge is 2.29. The van der Waals surface area contributed by atoms with E-state index < -0.39 is 0 Å². The maximum absolute atomic E-state index is 5.94. The Labute approximate surface area is 163 Å². The molecule has 3 aromatic rings. The molecule has 0 saturated heterocycles. The van der Waals surface area contributed by atoms with Gasteiger partial charge in [-0.25, -0.2) is 9.97 Å². The van der Waals surface area contributed by atoms with E-state index in [2.05, 4.69) is 25.1 Å². The summed E-state index contributed by atoms with van der Waals surface area (Å²) in [5, 5.41) is 4.01. The molecule has 9 heteroatoms. The van der Waals surface area contributed by atoms with Crippen LogP contribution in [0, 0.1) is 0 Å². The Kier molecular flexibility index (Phi) is 5.27. The van der Waals surface area contributed by atoms with E-state index >= 15 is 0 Å². The molecule has 4 rings (SSSR count). The van der Waals surface area contributed by atoms with E-state index in [1.807, 2.05) is 36.2 Å². The van der Waals surface area contributed by atoms with Gasteiger partial charge in [0.2, 0.25) is 11.7 Å². The van der Waals surface area contributed by atoms with Crippen LogP contribution in [0.5, 0.6) is 0 Å². The van der Waals surface area contributed by atoms with Gasteiger partial charge in [-0.2, -0.15) is 4.98 Å². The first-order valence-electron chi connectivity index (χ1n) is 9.20. The van der Waals surface area contributed by atoms with Crippen molar-refractivity contribution in [3.8, 4) is 11.5 Å². The first-order chi connectivity index (χ1) is 13.6. The number of anilines is 1. The molecule has 1 fully saturated rings. The third kappa shape index (κ3) is 4.00. The van der Waals surface area contributed by atoms with E-state index in [1.54, 1.807) is 13.3 Å². The third-order valence-electron chi connectivity index (χ3n) is 4.77. The number of hydrogen-bond acceptors (Lipinski definition) is 9. The van der Waals surface area contributed by atoms with Crippen LogP contribution in [0.25, 0.3) is 11.5 Å². The lowest BCUT2D eigenvalue weighted by atomic mass is 9.78. The summed E-state index contributed by atoms with van der Waals surface area (Å²) in [4.78, 5) is 19.9. The van der Waals surface area contributed by atoms with Crippen molar-refractivity contribution < 1.29 is 9.26 Å². The smallest absolute Gasteiger partial charge is 0.246 e. The van der Waals surface area contributed by atoms with Crippen molar-refractivity contribution in [1.82, 2.24) is 25.1 Å². The summed E-state index contributed by atoms with van der Waals surface area (Å²) in [6.07, 6.45) is 3.59. The van der Waals surface area contributed by atoms with Crippen molar-refractivity contribution in [3.05, 3.63) is 47.9 Å². The van der Waals surface area contributed by atoms with Crippen LogP contribution in [0.3, 0.4) is 0 Å². The molecule has 0 aliphatic heterocycles. The van der Waals surface area contributed by atoms with Gasteiger partial charge < -0.3 is 19.9 Å². The molecular formula is C19H23N7O2. The molecule has 0 unspecified atom stereocenters. The Morgan fingerprint density at radius 2 is 2.11 bits per heavy atom. The van der Waals surface area contributed by atoms with Gasteiger partial charge in [-0.05, 0) is 25.0 Å². The first kappa shape index (κ1) is 18.5. The molecule has 0 amide bonds. The van der Waals surface area contributed by atoms with Crippen LogP contribution < -0.4 is 10.6 Å². The predicted octanol–water partition coefficient (Wildman–Crippen LogP) is 1.91. The molecule has 3 heterocycles. The summed E-state index contributed by atoms with van der Waals surface area (Å²) in [6.45, 7) is 0.782. The lowest BCUT2D eigenvalue weighted by molar-refractivity contribution is 0.177. The van der Waals surface area contributed by atoms with Gasteiger partial charge in [0.25, 0.3) is 0 Å². The SMILES string of the molecule is COCc1nc(C2CC(N)C2)cc(N(C)Cc2nc(-c3ccccn3)no2)n1. The van der Waals surface area contributed by atoms with Crippen LogP contribution in [0.4, 0.5) is 5.82 Å². The molecule has 0 bridgehead atoms. The highest BCUT2D eigenvalue weighted by molar-refractivity contribution is 5.47. The quantitative estimate of drug-likeness (QED) is 0.655. The summed E-state index contributed by atoms with van der Waals surface area (Å²) in [6, 6.07) is 7.84. The van der Waals surface area contributed by atoms with E-state index in [9.17, 15) is 0 Å². The standard InChI is InChI=1S/C19H23N7O2/c1-26(10-18-24-19(25-28-18)14-5-3-4-6-21-14)17-9-15(12-7-13(20)8-12)22-16(23-17)11-27-2/h3-6,9,12-13H,7-8,10-11,20H2,1-2H3. The Balaban J connectivity index is 1.52. The number of methoxy groups -OCH3 is 1. The molecule has 0 aromatic carbocycles. The third-order valence-corrected chi connectivity index (χ3v) is 4.77. The van der Waals surface area contributed by atoms with Crippen LogP contribution in [-0.4, -0.2) is 45.3 Å². The Morgan fingerprint density at radius 3 is 2.82 bits per heavy atom. The average molecular weight is 381 g/mol. The van der Waals surface area contributed by atoms with Crippen molar-refractivity contribution in [2.45, 2.75) is 38.0 Å². The normalized spacial score (nSPS) is 18.7. The van der Waals surface area contributed by atoms with Gasteiger partial charge >= 0.3 is 0 Å². The van der Waals surface area contributed by atoms with Gasteiger partial charge in [0.15, 0.2) is 5.82 Å². The van der Waals surface area contributed by atoms with Gasteiger partial charge in [-0.15, -0.1) is 0 Å². The number of nitrogens with zero attached hydrogens (tertiary/aromatic N) is 6. The topological polar surface area (TPSA) is 116 Å². The van der Waals surface area contributed by atoms with Crippen molar-refractivity contribution in [2.24, 2.45) is 5.73 Å². The van der Waals surface area contributed by atoms with Crippen molar-refractivity contribution in [1.29, 1.82) is 0 Å². The van der Waals surface area contributed by atoms with Gasteiger partial charge in [-0.3, -0.25) is 4.98 Å². The molecule has 2 N–H and O–H groups in total. The summed E-state index contributed by atoms with van der Waals surface area (Å²) in [7, 11) is 3.57. The molecule has 0 spiro atoms. The van der Waals surface area contributed by atoms with E-state index in [0.29, 0.717) is 42.3 Å². The van der Waals surface area contributed by atoms with E-state index in [4.69, 9.17) is 15.0 Å². The largest absolute Gasteiger partial charge is 0.377 e. The Bertz CT molecular complexity index is 925. The highest BCUT2D eigenvalue weighted by atomic mass is 16.5. The second-order valence-electron chi connectivity index (χ2n) is 7.01. The van der Waals surface area contributed by atoms with Gasteiger partial charge in [-0.1, -0.05) is 11.2 Å². The fraction of sp³-hybridized carbons (Fsp3) is 0.421. The average Bonchev–Trinajstić information content (AvgIpc) is 3.15. The zero-order valence-electron chi connectivity index (χ0n) is 15.9. The molecule has 146 valence electrons. The first-order valence-corrected chi connectivity index (χ1v) is 9.20. The van der Waals surface area contributed by atoms with Gasteiger partial charge in [0.1, 0.15) is 18.1 Å². The van der Waals surface area contributed by atoms with E-state index in [1.165, 1.54) is 0 Å². The summed E-state index contributed by atoms with van der Waals surface area (Å²) in [5.41, 5.74) is 7.62. The van der Waals surface area contributed by atoms with Crippen LogP contribution in [0.2, 0.25) is 0 Å². The van der Waals surface area contributed by atoms with Crippen molar-refractivity contribution in [2.75, 3.05) is 19.1 Å². The lowest BCUT2D eigenvalue weighted by Gasteiger charge is -2.32. The minimum atomic E-state index is 0.260. The molecule has 28 heavy (non-hydrogen) atoms. The number of ether oxygens (including phenoxy) is 1. The molecule has 0 radical (unpaired) electrons. The predicted molar refractivity (Wildman–Crippen MR) is 102 cm³/mol. The monoisotopic (exact) mass is 381 g/mol. The van der Waals surface area contributed by atoms with Crippen LogP contribution in [0.1, 0.15) is 36.2 Å². The minimum absolute atomic E-state index is 0.260. The number of hydrogen-bond donors (Lipinski definition) is 1. The maximum Gasteiger partial charge on any atom is 0.246 e. The summed E-state index contributed by atoms with van der Waals surface area (Å²) in [5.74, 6) is 2.77. The molecule has 1 aliphatic carbocycles. The van der Waals surface area contributed by atoms with Crippen LogP contribution >= 0.6 is 0 Å². The Morgan fingerprint density at radius 1 is 1.25 bits per heavy atom. The molecule has 0 atom stereocenters. The van der Waals surface area contributed by atoms with Crippen LogP contribution in [-0.2, 0) is 17.9 Å². The highest BCUT2D eigenvalue weighted by Crippen LogP contribution is 2.35. The second-order valence-corrected chi connectivity index (χ2v) is 7.01. The summed E-state index contributed by atoms with van der Waals surface area (Å²) >= 11 is 0. The minimum Gasteiger partial charge on any atom is -0.377 e. The fourth-order valence-corrected chi connectivity index (χ4v) is 3.21. The van der Waals surface area contributed by atoms with Gasteiger partial charge in [0, 0.05) is 44.1 Å². The second kappa shape index (κ2) is 7.99. The van der Waals surface area contributed by atoms with E-state index in [-0.39, 0.29) is 6.04 Å². The number of pyridine rings is 1. The zero-order chi connectivity index (χ0) is 19.5. The molecule has 9 nitrogen and oxygen atoms in total. The summed E-state index contributed by atoms with van der Waals surface area (Å²) < 4.78 is 10.6. The molecular weight excluding hydrogens is 358 g/mol. The zero-order valence-corrected chi connectivity index (χ0v) is 15.9. The number of aromatic nitrogens is 5. The maximum atomic E-state index is 5.94. The van der Waals surface area contributed by atoms with Crippen molar-refractivity contribution in [3.63, 3.8) is 0 Å².